The number of halogens is 1. The highest BCUT2D eigenvalue weighted by molar-refractivity contribution is 9.10. The lowest BCUT2D eigenvalue weighted by Gasteiger charge is -2.38. The molecule has 86 valence electrons. The first-order valence-electron chi connectivity index (χ1n) is 5.13. The van der Waals surface area contributed by atoms with Gasteiger partial charge in [-0.25, -0.2) is 0 Å². The standard InChI is InChI=1S/C12H14BrNO2/c1-12(2)10(15)7-4-3-6(13)5-8(7)9(14)11(12)16/h3-5,9,11,16H,14H2,1-2H3/t9-,11+/m1/s1. The second-order valence-electron chi connectivity index (χ2n) is 4.75. The molecule has 0 bridgehead atoms. The Balaban J connectivity index is 2.64. The van der Waals surface area contributed by atoms with E-state index >= 15 is 0 Å². The fourth-order valence-electron chi connectivity index (χ4n) is 2.12. The van der Waals surface area contributed by atoms with E-state index in [1.165, 1.54) is 0 Å². The molecule has 1 aromatic carbocycles. The number of aliphatic hydroxyl groups is 1. The third kappa shape index (κ3) is 1.52. The average Bonchev–Trinajstić information content (AvgIpc) is 2.24. The average molecular weight is 284 g/mol. The normalized spacial score (nSPS) is 27.7. The van der Waals surface area contributed by atoms with E-state index in [0.717, 1.165) is 4.47 Å². The molecule has 3 nitrogen and oxygen atoms in total. The van der Waals surface area contributed by atoms with E-state index in [9.17, 15) is 9.90 Å². The number of nitrogens with two attached hydrogens (primary N) is 1. The van der Waals surface area contributed by atoms with E-state index in [4.69, 9.17) is 5.73 Å². The summed E-state index contributed by atoms with van der Waals surface area (Å²) in [6.07, 6.45) is -0.846. The van der Waals surface area contributed by atoms with Crippen LogP contribution in [0.1, 0.15) is 35.8 Å². The van der Waals surface area contributed by atoms with Crippen LogP contribution in [-0.2, 0) is 0 Å². The molecule has 0 aliphatic heterocycles. The summed E-state index contributed by atoms with van der Waals surface area (Å²) in [5.41, 5.74) is 6.49. The first kappa shape index (κ1) is 11.8. The number of hydrogen-bond donors (Lipinski definition) is 2. The highest BCUT2D eigenvalue weighted by atomic mass is 79.9. The SMILES string of the molecule is CC1(C)C(=O)c2ccc(Br)cc2[C@@H](N)[C@@H]1O. The Labute approximate surface area is 103 Å². The third-order valence-electron chi connectivity index (χ3n) is 3.28. The molecule has 0 amide bonds. The Morgan fingerprint density at radius 1 is 1.44 bits per heavy atom. The Hall–Kier alpha value is -0.710. The molecule has 2 atom stereocenters. The molecule has 0 fully saturated rings. The second-order valence-corrected chi connectivity index (χ2v) is 5.67. The molecule has 16 heavy (non-hydrogen) atoms. The molecule has 0 radical (unpaired) electrons. The number of ketones is 1. The van der Waals surface area contributed by atoms with Crippen molar-refractivity contribution in [2.75, 3.05) is 0 Å². The number of aliphatic hydroxyl groups excluding tert-OH is 1. The second kappa shape index (κ2) is 3.65. The van der Waals surface area contributed by atoms with E-state index in [-0.39, 0.29) is 5.78 Å². The van der Waals surface area contributed by atoms with Crippen LogP contribution in [0, 0.1) is 5.41 Å². The van der Waals surface area contributed by atoms with Gasteiger partial charge in [0.15, 0.2) is 5.78 Å². The smallest absolute Gasteiger partial charge is 0.171 e. The van der Waals surface area contributed by atoms with Gasteiger partial charge in [-0.1, -0.05) is 15.9 Å². The Bertz CT molecular complexity index is 456. The topological polar surface area (TPSA) is 63.3 Å². The van der Waals surface area contributed by atoms with E-state index in [0.29, 0.717) is 11.1 Å². The number of carbonyl (C=O) groups is 1. The van der Waals surface area contributed by atoms with Gasteiger partial charge in [0, 0.05) is 10.0 Å². The largest absolute Gasteiger partial charge is 0.390 e. The summed E-state index contributed by atoms with van der Waals surface area (Å²) in [5.74, 6) is -0.0517. The zero-order valence-electron chi connectivity index (χ0n) is 9.20. The quantitative estimate of drug-likeness (QED) is 0.766. The van der Waals surface area contributed by atoms with Crippen LogP contribution in [0.3, 0.4) is 0 Å². The molecular formula is C12H14BrNO2. The van der Waals surface area contributed by atoms with Crippen LogP contribution in [0.15, 0.2) is 22.7 Å². The molecule has 1 aliphatic rings. The van der Waals surface area contributed by atoms with Crippen LogP contribution >= 0.6 is 15.9 Å². The molecule has 1 aliphatic carbocycles. The zero-order chi connectivity index (χ0) is 12.1. The van der Waals surface area contributed by atoms with Gasteiger partial charge in [-0.2, -0.15) is 0 Å². The first-order valence-corrected chi connectivity index (χ1v) is 5.93. The summed E-state index contributed by atoms with van der Waals surface area (Å²) in [4.78, 5) is 12.2. The van der Waals surface area contributed by atoms with Crippen molar-refractivity contribution in [2.24, 2.45) is 11.1 Å². The minimum Gasteiger partial charge on any atom is -0.390 e. The monoisotopic (exact) mass is 283 g/mol. The number of Topliss-reactive ketones (excluding diaryl/α,β-unsaturated/α-hetero) is 1. The number of rotatable bonds is 0. The maximum atomic E-state index is 12.2. The molecule has 1 aromatic rings. The van der Waals surface area contributed by atoms with Gasteiger partial charge in [0.1, 0.15) is 0 Å². The number of hydrogen-bond acceptors (Lipinski definition) is 3. The van der Waals surface area contributed by atoms with Gasteiger partial charge in [-0.3, -0.25) is 4.79 Å². The molecule has 3 N–H and O–H groups in total. The van der Waals surface area contributed by atoms with Crippen LogP contribution < -0.4 is 5.73 Å². The molecular weight excluding hydrogens is 270 g/mol. The zero-order valence-corrected chi connectivity index (χ0v) is 10.8. The molecule has 0 heterocycles. The molecule has 2 rings (SSSR count). The van der Waals surface area contributed by atoms with Crippen molar-refractivity contribution >= 4 is 21.7 Å². The van der Waals surface area contributed by atoms with Crippen LogP contribution in [0.2, 0.25) is 0 Å². The Kier molecular flexibility index (Phi) is 2.69. The maximum Gasteiger partial charge on any atom is 0.171 e. The first-order chi connectivity index (χ1) is 7.35. The number of fused-ring (bicyclic) bond motifs is 1. The van der Waals surface area contributed by atoms with Gasteiger partial charge >= 0.3 is 0 Å². The van der Waals surface area contributed by atoms with Crippen molar-refractivity contribution in [1.82, 2.24) is 0 Å². The molecule has 0 saturated heterocycles. The van der Waals surface area contributed by atoms with Gasteiger partial charge in [-0.15, -0.1) is 0 Å². The number of carbonyl (C=O) groups excluding carboxylic acids is 1. The van der Waals surface area contributed by atoms with Crippen LogP contribution in [0.25, 0.3) is 0 Å². The van der Waals surface area contributed by atoms with Crippen LogP contribution in [-0.4, -0.2) is 17.0 Å². The van der Waals surface area contributed by atoms with E-state index in [1.54, 1.807) is 26.0 Å². The maximum absolute atomic E-state index is 12.2. The fourth-order valence-corrected chi connectivity index (χ4v) is 2.50. The Morgan fingerprint density at radius 3 is 2.69 bits per heavy atom. The Morgan fingerprint density at radius 2 is 2.06 bits per heavy atom. The van der Waals surface area contributed by atoms with E-state index < -0.39 is 17.6 Å². The van der Waals surface area contributed by atoms with Gasteiger partial charge in [-0.05, 0) is 37.6 Å². The predicted octanol–water partition coefficient (Wildman–Crippen LogP) is 2.03. The highest BCUT2D eigenvalue weighted by Gasteiger charge is 2.45. The number of benzene rings is 1. The summed E-state index contributed by atoms with van der Waals surface area (Å²) in [5, 5.41) is 10.1. The van der Waals surface area contributed by atoms with Gasteiger partial charge in [0.25, 0.3) is 0 Å². The molecule has 0 aromatic heterocycles. The van der Waals surface area contributed by atoms with Crippen molar-refractivity contribution in [3.8, 4) is 0 Å². The van der Waals surface area contributed by atoms with Crippen molar-refractivity contribution < 1.29 is 9.90 Å². The lowest BCUT2D eigenvalue weighted by Crippen LogP contribution is -2.48. The molecule has 0 unspecified atom stereocenters. The summed E-state index contributed by atoms with van der Waals surface area (Å²) in [6, 6.07) is 4.86. The predicted molar refractivity (Wildman–Crippen MR) is 65.2 cm³/mol. The minimum atomic E-state index is -0.846. The summed E-state index contributed by atoms with van der Waals surface area (Å²) in [7, 11) is 0. The fraction of sp³-hybridized carbons (Fsp3) is 0.417. The van der Waals surface area contributed by atoms with Crippen LogP contribution in [0.5, 0.6) is 0 Å². The van der Waals surface area contributed by atoms with Gasteiger partial charge in [0.2, 0.25) is 0 Å². The van der Waals surface area contributed by atoms with E-state index in [2.05, 4.69) is 15.9 Å². The van der Waals surface area contributed by atoms with Gasteiger partial charge < -0.3 is 10.8 Å². The van der Waals surface area contributed by atoms with E-state index in [1.807, 2.05) is 6.07 Å². The summed E-state index contributed by atoms with van der Waals surface area (Å²) in [6.45, 7) is 3.45. The molecule has 4 heteroatoms. The summed E-state index contributed by atoms with van der Waals surface area (Å²) < 4.78 is 0.862. The molecule has 0 spiro atoms. The minimum absolute atomic E-state index is 0.0517. The molecule has 0 saturated carbocycles. The van der Waals surface area contributed by atoms with Crippen molar-refractivity contribution in [1.29, 1.82) is 0 Å². The van der Waals surface area contributed by atoms with Crippen molar-refractivity contribution in [3.05, 3.63) is 33.8 Å². The van der Waals surface area contributed by atoms with Crippen molar-refractivity contribution in [3.63, 3.8) is 0 Å². The lowest BCUT2D eigenvalue weighted by molar-refractivity contribution is 0.0208. The third-order valence-corrected chi connectivity index (χ3v) is 3.78. The lowest BCUT2D eigenvalue weighted by atomic mass is 9.69. The highest BCUT2D eigenvalue weighted by Crippen LogP contribution is 2.40. The van der Waals surface area contributed by atoms with Crippen LogP contribution in [0.4, 0.5) is 0 Å². The van der Waals surface area contributed by atoms with Crippen molar-refractivity contribution in [2.45, 2.75) is 26.0 Å². The summed E-state index contributed by atoms with van der Waals surface area (Å²) >= 11 is 3.34. The van der Waals surface area contributed by atoms with Gasteiger partial charge in [0.05, 0.1) is 17.6 Å².